The van der Waals surface area contributed by atoms with Gasteiger partial charge in [-0.25, -0.2) is 4.98 Å². The Morgan fingerprint density at radius 3 is 2.71 bits per heavy atom. The Hall–Kier alpha value is -2.02. The van der Waals surface area contributed by atoms with Crippen LogP contribution in [0.2, 0.25) is 10.0 Å². The predicted octanol–water partition coefficient (Wildman–Crippen LogP) is 4.38. The maximum absolute atomic E-state index is 12.4. The molecule has 5 nitrogen and oxygen atoms in total. The Bertz CT molecular complexity index is 905. The van der Waals surface area contributed by atoms with Crippen molar-refractivity contribution in [3.8, 4) is 11.5 Å². The molecule has 0 fully saturated rings. The molecular weight excluding hydrogens is 371 g/mol. The first kappa shape index (κ1) is 15.5. The lowest BCUT2D eigenvalue weighted by Gasteiger charge is -2.25. The molecule has 24 heavy (non-hydrogen) atoms. The zero-order chi connectivity index (χ0) is 16.7. The van der Waals surface area contributed by atoms with E-state index in [0.29, 0.717) is 32.2 Å². The second kappa shape index (κ2) is 6.12. The Balaban J connectivity index is 1.55. The van der Waals surface area contributed by atoms with E-state index in [0.717, 1.165) is 4.70 Å². The molecule has 2 heterocycles. The lowest BCUT2D eigenvalue weighted by atomic mass is 10.2. The van der Waals surface area contributed by atoms with Crippen molar-refractivity contribution >= 4 is 55.8 Å². The molecule has 4 rings (SSSR count). The predicted molar refractivity (Wildman–Crippen MR) is 94.6 cm³/mol. The van der Waals surface area contributed by atoms with Gasteiger partial charge in [0.15, 0.2) is 16.6 Å². The lowest BCUT2D eigenvalue weighted by molar-refractivity contribution is -0.125. The molecule has 1 atom stereocenters. The van der Waals surface area contributed by atoms with Crippen molar-refractivity contribution in [1.82, 2.24) is 4.98 Å². The minimum absolute atomic E-state index is 0.134. The molecule has 122 valence electrons. The molecule has 2 aromatic carbocycles. The fraction of sp³-hybridized carbons (Fsp3) is 0.125. The molecule has 1 N–H and O–H groups in total. The molecule has 0 unspecified atom stereocenters. The van der Waals surface area contributed by atoms with Crippen molar-refractivity contribution in [2.75, 3.05) is 11.9 Å². The maximum Gasteiger partial charge on any atom is 0.270 e. The van der Waals surface area contributed by atoms with Crippen LogP contribution < -0.4 is 14.8 Å². The first-order valence-electron chi connectivity index (χ1n) is 7.06. The summed E-state index contributed by atoms with van der Waals surface area (Å²) in [6.45, 7) is 0.134. The van der Waals surface area contributed by atoms with Gasteiger partial charge < -0.3 is 9.47 Å². The number of nitrogens with one attached hydrogen (secondary N) is 1. The number of hydrogen-bond acceptors (Lipinski definition) is 5. The van der Waals surface area contributed by atoms with Gasteiger partial charge in [0.2, 0.25) is 6.10 Å². The number of carbonyl (C=O) groups excluding carboxylic acids is 1. The number of benzene rings is 2. The second-order valence-electron chi connectivity index (χ2n) is 5.08. The topological polar surface area (TPSA) is 60.5 Å². The van der Waals surface area contributed by atoms with Gasteiger partial charge in [0, 0.05) is 0 Å². The van der Waals surface area contributed by atoms with E-state index in [1.807, 2.05) is 12.1 Å². The summed E-state index contributed by atoms with van der Waals surface area (Å²) in [5.41, 5.74) is 0.565. The minimum Gasteiger partial charge on any atom is -0.485 e. The highest BCUT2D eigenvalue weighted by atomic mass is 35.5. The SMILES string of the molecule is O=C(Nc1nc2c(Cl)ccc(Cl)c2s1)[C@@H]1COc2ccccc2O1. The van der Waals surface area contributed by atoms with Crippen LogP contribution in [0.4, 0.5) is 5.13 Å². The van der Waals surface area contributed by atoms with Gasteiger partial charge >= 0.3 is 0 Å². The van der Waals surface area contributed by atoms with Crippen LogP contribution in [0.1, 0.15) is 0 Å². The fourth-order valence-corrected chi connectivity index (χ4v) is 3.76. The van der Waals surface area contributed by atoms with Gasteiger partial charge in [0.25, 0.3) is 5.91 Å². The summed E-state index contributed by atoms with van der Waals surface area (Å²) in [5, 5.41) is 4.17. The lowest BCUT2D eigenvalue weighted by Crippen LogP contribution is -2.40. The average Bonchev–Trinajstić information content (AvgIpc) is 3.03. The van der Waals surface area contributed by atoms with Crippen LogP contribution in [-0.2, 0) is 4.79 Å². The van der Waals surface area contributed by atoms with Gasteiger partial charge in [-0.05, 0) is 24.3 Å². The third-order valence-corrected chi connectivity index (χ3v) is 5.21. The standard InChI is InChI=1S/C16H10Cl2N2O3S/c17-8-5-6-9(18)14-13(8)19-16(24-14)20-15(21)12-7-22-10-3-1-2-4-11(10)23-12/h1-6,12H,7H2,(H,19,20,21)/t12-/m0/s1. The normalized spacial score (nSPS) is 16.2. The number of thiazole rings is 1. The molecule has 3 aromatic rings. The van der Waals surface area contributed by atoms with Crippen LogP contribution in [0.15, 0.2) is 36.4 Å². The van der Waals surface area contributed by atoms with Crippen LogP contribution in [0.5, 0.6) is 11.5 Å². The molecule has 0 radical (unpaired) electrons. The highest BCUT2D eigenvalue weighted by Crippen LogP contribution is 2.36. The van der Waals surface area contributed by atoms with E-state index >= 15 is 0 Å². The fourth-order valence-electron chi connectivity index (χ4n) is 2.33. The summed E-state index contributed by atoms with van der Waals surface area (Å²) in [6.07, 6.45) is -0.752. The Morgan fingerprint density at radius 2 is 1.92 bits per heavy atom. The molecule has 1 aliphatic rings. The molecule has 0 saturated heterocycles. The van der Waals surface area contributed by atoms with E-state index in [4.69, 9.17) is 32.7 Å². The molecule has 0 spiro atoms. The van der Waals surface area contributed by atoms with Crippen LogP contribution in [0, 0.1) is 0 Å². The molecule has 1 aliphatic heterocycles. The van der Waals surface area contributed by atoms with Crippen molar-refractivity contribution in [2.24, 2.45) is 0 Å². The van der Waals surface area contributed by atoms with E-state index in [9.17, 15) is 4.79 Å². The number of aromatic nitrogens is 1. The molecule has 1 amide bonds. The Kier molecular flexibility index (Phi) is 3.96. The number of hydrogen-bond donors (Lipinski definition) is 1. The number of nitrogens with zero attached hydrogens (tertiary/aromatic N) is 1. The van der Waals surface area contributed by atoms with E-state index in [2.05, 4.69) is 10.3 Å². The van der Waals surface area contributed by atoms with Gasteiger partial charge in [-0.1, -0.05) is 46.7 Å². The highest BCUT2D eigenvalue weighted by Gasteiger charge is 2.28. The Morgan fingerprint density at radius 1 is 1.17 bits per heavy atom. The summed E-state index contributed by atoms with van der Waals surface area (Å²) < 4.78 is 11.9. The van der Waals surface area contributed by atoms with Gasteiger partial charge in [-0.2, -0.15) is 0 Å². The largest absolute Gasteiger partial charge is 0.485 e. The number of para-hydroxylation sites is 2. The van der Waals surface area contributed by atoms with Gasteiger partial charge in [-0.15, -0.1) is 0 Å². The average molecular weight is 381 g/mol. The maximum atomic E-state index is 12.4. The highest BCUT2D eigenvalue weighted by molar-refractivity contribution is 7.23. The molecule has 1 aromatic heterocycles. The zero-order valence-corrected chi connectivity index (χ0v) is 14.4. The number of fused-ring (bicyclic) bond motifs is 2. The Labute approximate surface area is 151 Å². The number of amides is 1. The van der Waals surface area contributed by atoms with Crippen molar-refractivity contribution in [2.45, 2.75) is 6.10 Å². The number of rotatable bonds is 2. The molecule has 0 aliphatic carbocycles. The van der Waals surface area contributed by atoms with Gasteiger partial charge in [0.1, 0.15) is 12.1 Å². The number of ether oxygens (including phenoxy) is 2. The number of anilines is 1. The molecule has 8 heteroatoms. The van der Waals surface area contributed by atoms with Crippen molar-refractivity contribution in [3.05, 3.63) is 46.4 Å². The van der Waals surface area contributed by atoms with Gasteiger partial charge in [-0.3, -0.25) is 10.1 Å². The smallest absolute Gasteiger partial charge is 0.270 e. The molecule has 0 bridgehead atoms. The minimum atomic E-state index is -0.752. The second-order valence-corrected chi connectivity index (χ2v) is 6.89. The van der Waals surface area contributed by atoms with E-state index in [1.165, 1.54) is 11.3 Å². The summed E-state index contributed by atoms with van der Waals surface area (Å²) in [5.74, 6) is 0.829. The molecule has 0 saturated carbocycles. The van der Waals surface area contributed by atoms with Crippen LogP contribution in [0.25, 0.3) is 10.2 Å². The van der Waals surface area contributed by atoms with E-state index < -0.39 is 6.10 Å². The van der Waals surface area contributed by atoms with E-state index in [-0.39, 0.29) is 12.5 Å². The summed E-state index contributed by atoms with van der Waals surface area (Å²) in [4.78, 5) is 16.7. The van der Waals surface area contributed by atoms with Crippen LogP contribution >= 0.6 is 34.5 Å². The number of carbonyl (C=O) groups is 1. The summed E-state index contributed by atoms with van der Waals surface area (Å²) in [7, 11) is 0. The third kappa shape index (κ3) is 2.77. The number of halogens is 2. The summed E-state index contributed by atoms with van der Waals surface area (Å²) >= 11 is 13.5. The van der Waals surface area contributed by atoms with Gasteiger partial charge in [0.05, 0.1) is 14.7 Å². The van der Waals surface area contributed by atoms with Crippen molar-refractivity contribution < 1.29 is 14.3 Å². The monoisotopic (exact) mass is 380 g/mol. The van der Waals surface area contributed by atoms with Crippen LogP contribution in [0.3, 0.4) is 0 Å². The molecular formula is C16H10Cl2N2O3S. The van der Waals surface area contributed by atoms with E-state index in [1.54, 1.807) is 24.3 Å². The first-order chi connectivity index (χ1) is 11.6. The van der Waals surface area contributed by atoms with Crippen molar-refractivity contribution in [1.29, 1.82) is 0 Å². The quantitative estimate of drug-likeness (QED) is 0.716. The van der Waals surface area contributed by atoms with Crippen LogP contribution in [-0.4, -0.2) is 23.6 Å². The van der Waals surface area contributed by atoms with Crippen molar-refractivity contribution in [3.63, 3.8) is 0 Å². The first-order valence-corrected chi connectivity index (χ1v) is 8.63. The summed E-state index contributed by atoms with van der Waals surface area (Å²) in [6, 6.07) is 10.6. The zero-order valence-electron chi connectivity index (χ0n) is 12.1. The third-order valence-electron chi connectivity index (χ3n) is 3.48.